The first-order chi connectivity index (χ1) is 14.1. The standard InChI is InChI=1S/C21H25FN6O/c1-26-11-13-27(14-12-26)20(17-5-7-18(22)8-6-17)21-23-24-25-28(21)15-16-3-9-19(29-2)10-4-16/h3-10,20H,11-15H2,1-2H3. The van der Waals surface area contributed by atoms with Gasteiger partial charge in [0.15, 0.2) is 5.82 Å². The van der Waals surface area contributed by atoms with Gasteiger partial charge in [-0.3, -0.25) is 4.90 Å². The number of hydrogen-bond donors (Lipinski definition) is 0. The predicted octanol–water partition coefficient (Wildman–Crippen LogP) is 2.21. The number of ether oxygens (including phenoxy) is 1. The van der Waals surface area contributed by atoms with Crippen LogP contribution in [-0.4, -0.2) is 70.3 Å². The van der Waals surface area contributed by atoms with Crippen molar-refractivity contribution in [2.75, 3.05) is 40.3 Å². The summed E-state index contributed by atoms with van der Waals surface area (Å²) in [5, 5.41) is 12.6. The van der Waals surface area contributed by atoms with Crippen LogP contribution < -0.4 is 4.74 Å². The van der Waals surface area contributed by atoms with Crippen LogP contribution in [0, 0.1) is 5.82 Å². The minimum Gasteiger partial charge on any atom is -0.497 e. The Morgan fingerprint density at radius 1 is 1.00 bits per heavy atom. The van der Waals surface area contributed by atoms with Crippen LogP contribution in [0.25, 0.3) is 0 Å². The molecule has 1 aliphatic heterocycles. The summed E-state index contributed by atoms with van der Waals surface area (Å²) in [4.78, 5) is 4.67. The molecule has 0 N–H and O–H groups in total. The van der Waals surface area contributed by atoms with Crippen molar-refractivity contribution in [3.05, 3.63) is 71.3 Å². The molecule has 7 nitrogen and oxygen atoms in total. The zero-order chi connectivity index (χ0) is 20.2. The summed E-state index contributed by atoms with van der Waals surface area (Å²) in [6, 6.07) is 14.4. The number of nitrogens with zero attached hydrogens (tertiary/aromatic N) is 6. The Labute approximate surface area is 169 Å². The van der Waals surface area contributed by atoms with Gasteiger partial charge in [-0.25, -0.2) is 9.07 Å². The Morgan fingerprint density at radius 3 is 2.34 bits per heavy atom. The summed E-state index contributed by atoms with van der Waals surface area (Å²) < 4.78 is 20.6. The second-order valence-electron chi connectivity index (χ2n) is 7.34. The molecule has 0 spiro atoms. The van der Waals surface area contributed by atoms with E-state index in [2.05, 4.69) is 32.4 Å². The molecule has 1 aromatic heterocycles. The van der Waals surface area contributed by atoms with Crippen molar-refractivity contribution in [3.8, 4) is 5.75 Å². The lowest BCUT2D eigenvalue weighted by Crippen LogP contribution is -2.46. The minimum absolute atomic E-state index is 0.127. The van der Waals surface area contributed by atoms with E-state index in [9.17, 15) is 4.39 Å². The number of hydrogen-bond acceptors (Lipinski definition) is 6. The largest absolute Gasteiger partial charge is 0.497 e. The van der Waals surface area contributed by atoms with E-state index in [0.717, 1.165) is 48.9 Å². The van der Waals surface area contributed by atoms with Crippen molar-refractivity contribution in [2.24, 2.45) is 0 Å². The topological polar surface area (TPSA) is 59.3 Å². The molecule has 0 amide bonds. The van der Waals surface area contributed by atoms with Gasteiger partial charge < -0.3 is 9.64 Å². The SMILES string of the molecule is COc1ccc(Cn2nnnc2C(c2ccc(F)cc2)N2CCN(C)CC2)cc1. The fourth-order valence-corrected chi connectivity index (χ4v) is 3.67. The van der Waals surface area contributed by atoms with Crippen LogP contribution in [0.1, 0.15) is 23.0 Å². The van der Waals surface area contributed by atoms with E-state index >= 15 is 0 Å². The predicted molar refractivity (Wildman–Crippen MR) is 107 cm³/mol. The van der Waals surface area contributed by atoms with Gasteiger partial charge >= 0.3 is 0 Å². The molecule has 1 atom stereocenters. The zero-order valence-corrected chi connectivity index (χ0v) is 16.7. The van der Waals surface area contributed by atoms with Gasteiger partial charge in [0.2, 0.25) is 0 Å². The Morgan fingerprint density at radius 2 is 1.69 bits per heavy atom. The number of piperazine rings is 1. The monoisotopic (exact) mass is 396 g/mol. The molecule has 1 saturated heterocycles. The highest BCUT2D eigenvalue weighted by Crippen LogP contribution is 2.28. The second kappa shape index (κ2) is 8.67. The Balaban J connectivity index is 1.65. The van der Waals surface area contributed by atoms with E-state index in [0.29, 0.717) is 6.54 Å². The summed E-state index contributed by atoms with van der Waals surface area (Å²) in [5.74, 6) is 1.33. The number of rotatable bonds is 6. The molecule has 2 aromatic carbocycles. The number of tetrazole rings is 1. The molecular weight excluding hydrogens is 371 g/mol. The van der Waals surface area contributed by atoms with E-state index in [-0.39, 0.29) is 11.9 Å². The fourth-order valence-electron chi connectivity index (χ4n) is 3.67. The van der Waals surface area contributed by atoms with E-state index in [1.165, 1.54) is 12.1 Å². The normalized spacial score (nSPS) is 16.7. The fraction of sp³-hybridized carbons (Fsp3) is 0.381. The molecule has 152 valence electrons. The lowest BCUT2D eigenvalue weighted by atomic mass is 10.0. The zero-order valence-electron chi connectivity index (χ0n) is 16.7. The van der Waals surface area contributed by atoms with E-state index in [1.54, 1.807) is 7.11 Å². The summed E-state index contributed by atoms with van der Waals surface area (Å²) in [5.41, 5.74) is 2.07. The maximum atomic E-state index is 13.5. The third-order valence-corrected chi connectivity index (χ3v) is 5.38. The third-order valence-electron chi connectivity index (χ3n) is 5.38. The summed E-state index contributed by atoms with van der Waals surface area (Å²) in [6.45, 7) is 4.29. The van der Waals surface area contributed by atoms with Gasteiger partial charge in [-0.2, -0.15) is 0 Å². The Kier molecular flexibility index (Phi) is 5.82. The van der Waals surface area contributed by atoms with E-state index < -0.39 is 0 Å². The van der Waals surface area contributed by atoms with Gasteiger partial charge in [0.1, 0.15) is 11.6 Å². The van der Waals surface area contributed by atoms with Crippen LogP contribution in [0.2, 0.25) is 0 Å². The van der Waals surface area contributed by atoms with Crippen LogP contribution in [0.15, 0.2) is 48.5 Å². The first-order valence-corrected chi connectivity index (χ1v) is 9.71. The quantitative estimate of drug-likeness (QED) is 0.637. The molecule has 0 radical (unpaired) electrons. The molecule has 3 aromatic rings. The molecule has 8 heteroatoms. The molecule has 2 heterocycles. The molecular formula is C21H25FN6O. The number of likely N-dealkylation sites (N-methyl/N-ethyl adjacent to an activating group) is 1. The van der Waals surface area contributed by atoms with E-state index in [1.807, 2.05) is 41.1 Å². The highest BCUT2D eigenvalue weighted by atomic mass is 19.1. The smallest absolute Gasteiger partial charge is 0.173 e. The highest BCUT2D eigenvalue weighted by Gasteiger charge is 2.30. The molecule has 4 rings (SSSR count). The van der Waals surface area contributed by atoms with Crippen LogP contribution in [-0.2, 0) is 6.54 Å². The minimum atomic E-state index is -0.247. The van der Waals surface area contributed by atoms with Crippen LogP contribution in [0.3, 0.4) is 0 Å². The first kappa shape index (κ1) is 19.5. The van der Waals surface area contributed by atoms with Gasteiger partial charge in [-0.1, -0.05) is 24.3 Å². The molecule has 1 fully saturated rings. The number of halogens is 1. The van der Waals surface area contributed by atoms with Gasteiger partial charge in [0, 0.05) is 26.2 Å². The average Bonchev–Trinajstić information content (AvgIpc) is 3.19. The highest BCUT2D eigenvalue weighted by molar-refractivity contribution is 5.28. The van der Waals surface area contributed by atoms with Gasteiger partial charge in [-0.15, -0.1) is 5.10 Å². The molecule has 1 unspecified atom stereocenters. The van der Waals surface area contributed by atoms with E-state index in [4.69, 9.17) is 4.74 Å². The van der Waals surface area contributed by atoms with Crippen molar-refractivity contribution in [1.82, 2.24) is 30.0 Å². The van der Waals surface area contributed by atoms with Crippen LogP contribution in [0.5, 0.6) is 5.75 Å². The van der Waals surface area contributed by atoms with Crippen molar-refractivity contribution in [3.63, 3.8) is 0 Å². The van der Waals surface area contributed by atoms with Crippen molar-refractivity contribution >= 4 is 0 Å². The van der Waals surface area contributed by atoms with Crippen LogP contribution in [0.4, 0.5) is 4.39 Å². The second-order valence-corrected chi connectivity index (χ2v) is 7.34. The lowest BCUT2D eigenvalue weighted by Gasteiger charge is -2.37. The maximum absolute atomic E-state index is 13.5. The molecule has 0 bridgehead atoms. The van der Waals surface area contributed by atoms with Gasteiger partial charge in [0.25, 0.3) is 0 Å². The Hall–Kier alpha value is -2.84. The summed E-state index contributed by atoms with van der Waals surface area (Å²) in [6.07, 6.45) is 0. The number of aromatic nitrogens is 4. The first-order valence-electron chi connectivity index (χ1n) is 9.71. The average molecular weight is 396 g/mol. The Bertz CT molecular complexity index is 919. The number of methoxy groups -OCH3 is 1. The summed E-state index contributed by atoms with van der Waals surface area (Å²) >= 11 is 0. The van der Waals surface area contributed by atoms with Gasteiger partial charge in [-0.05, 0) is 52.9 Å². The third kappa shape index (κ3) is 4.44. The lowest BCUT2D eigenvalue weighted by molar-refractivity contribution is 0.121. The summed E-state index contributed by atoms with van der Waals surface area (Å²) in [7, 11) is 3.77. The van der Waals surface area contributed by atoms with Crippen LogP contribution >= 0.6 is 0 Å². The van der Waals surface area contributed by atoms with Crippen molar-refractivity contribution in [1.29, 1.82) is 0 Å². The van der Waals surface area contributed by atoms with Crippen molar-refractivity contribution < 1.29 is 9.13 Å². The number of benzene rings is 2. The molecule has 0 aliphatic carbocycles. The molecule has 1 aliphatic rings. The maximum Gasteiger partial charge on any atom is 0.173 e. The molecule has 29 heavy (non-hydrogen) atoms. The van der Waals surface area contributed by atoms with Gasteiger partial charge in [0.05, 0.1) is 19.7 Å². The van der Waals surface area contributed by atoms with Crippen molar-refractivity contribution in [2.45, 2.75) is 12.6 Å². The molecule has 0 saturated carbocycles.